The number of hydrogen-bond acceptors (Lipinski definition) is 7. The lowest BCUT2D eigenvalue weighted by Crippen LogP contribution is -2.45. The molecule has 8 heteroatoms. The number of rotatable bonds is 7. The summed E-state index contributed by atoms with van der Waals surface area (Å²) in [7, 11) is 1.54. The zero-order valence-corrected chi connectivity index (χ0v) is 17.1. The second-order valence-electron chi connectivity index (χ2n) is 6.29. The first-order valence-corrected chi connectivity index (χ1v) is 10.2. The molecule has 28 heavy (non-hydrogen) atoms. The van der Waals surface area contributed by atoms with Crippen LogP contribution < -0.4 is 4.74 Å². The summed E-state index contributed by atoms with van der Waals surface area (Å²) in [6, 6.07) is 6.87. The third kappa shape index (κ3) is 4.23. The fourth-order valence-electron chi connectivity index (χ4n) is 3.18. The van der Waals surface area contributed by atoms with Crippen LogP contribution in [0.4, 0.5) is 0 Å². The van der Waals surface area contributed by atoms with Gasteiger partial charge in [0.05, 0.1) is 30.5 Å². The van der Waals surface area contributed by atoms with E-state index in [0.717, 1.165) is 11.3 Å². The highest BCUT2D eigenvalue weighted by atomic mass is 32.2. The third-order valence-corrected chi connectivity index (χ3v) is 5.41. The van der Waals surface area contributed by atoms with Crippen LogP contribution in [-0.4, -0.2) is 54.6 Å². The highest BCUT2D eigenvalue weighted by Crippen LogP contribution is 2.40. The van der Waals surface area contributed by atoms with Gasteiger partial charge in [0.2, 0.25) is 5.91 Å². The van der Waals surface area contributed by atoms with Gasteiger partial charge in [-0.25, -0.2) is 9.79 Å². The van der Waals surface area contributed by atoms with E-state index in [2.05, 4.69) is 4.99 Å². The molecule has 0 N–H and O–H groups in total. The minimum Gasteiger partial charge on any atom is -0.494 e. The predicted molar refractivity (Wildman–Crippen MR) is 107 cm³/mol. The van der Waals surface area contributed by atoms with Gasteiger partial charge < -0.3 is 14.2 Å². The molecule has 7 nitrogen and oxygen atoms in total. The molecule has 0 aromatic heterocycles. The van der Waals surface area contributed by atoms with Crippen molar-refractivity contribution < 1.29 is 23.8 Å². The maximum atomic E-state index is 12.8. The number of aliphatic imine (C=N–C) groups is 1. The van der Waals surface area contributed by atoms with Crippen LogP contribution in [0.25, 0.3) is 0 Å². The summed E-state index contributed by atoms with van der Waals surface area (Å²) in [5.41, 5.74) is 1.75. The number of methoxy groups -OCH3 is 1. The van der Waals surface area contributed by atoms with Gasteiger partial charge in [-0.1, -0.05) is 23.9 Å². The lowest BCUT2D eigenvalue weighted by Gasteiger charge is -2.38. The number of amidine groups is 1. The van der Waals surface area contributed by atoms with Crippen molar-refractivity contribution in [2.75, 3.05) is 32.7 Å². The second-order valence-corrected chi connectivity index (χ2v) is 7.35. The van der Waals surface area contributed by atoms with E-state index in [0.29, 0.717) is 41.8 Å². The van der Waals surface area contributed by atoms with E-state index in [1.807, 2.05) is 31.2 Å². The largest absolute Gasteiger partial charge is 0.494 e. The van der Waals surface area contributed by atoms with Crippen molar-refractivity contribution in [1.82, 2.24) is 4.90 Å². The molecule has 0 unspecified atom stereocenters. The quantitative estimate of drug-likeness (QED) is 0.514. The van der Waals surface area contributed by atoms with E-state index in [1.54, 1.807) is 18.9 Å². The average molecular weight is 404 g/mol. The summed E-state index contributed by atoms with van der Waals surface area (Å²) in [6.07, 6.45) is 0.405. The van der Waals surface area contributed by atoms with Crippen molar-refractivity contribution in [2.24, 2.45) is 4.99 Å². The Morgan fingerprint density at radius 1 is 1.29 bits per heavy atom. The summed E-state index contributed by atoms with van der Waals surface area (Å²) < 4.78 is 15.8. The predicted octanol–water partition coefficient (Wildman–Crippen LogP) is 2.93. The number of hydrogen-bond donors (Lipinski definition) is 0. The molecule has 0 spiro atoms. The van der Waals surface area contributed by atoms with Gasteiger partial charge >= 0.3 is 5.97 Å². The lowest BCUT2D eigenvalue weighted by atomic mass is 9.94. The average Bonchev–Trinajstić information content (AvgIpc) is 2.68. The van der Waals surface area contributed by atoms with Gasteiger partial charge in [-0.15, -0.1) is 0 Å². The van der Waals surface area contributed by atoms with Gasteiger partial charge in [0.25, 0.3) is 0 Å². The smallest absolute Gasteiger partial charge is 0.338 e. The van der Waals surface area contributed by atoms with Crippen LogP contribution in [0.15, 0.2) is 40.5 Å². The second kappa shape index (κ2) is 9.25. The minimum absolute atomic E-state index is 0.0499. The number of carbonyl (C=O) groups is 2. The van der Waals surface area contributed by atoms with Crippen LogP contribution in [-0.2, 0) is 19.1 Å². The number of nitrogens with zero attached hydrogens (tertiary/aromatic N) is 2. The van der Waals surface area contributed by atoms with E-state index in [1.165, 1.54) is 11.8 Å². The molecule has 2 aliphatic rings. The molecule has 1 fully saturated rings. The Bertz CT molecular complexity index is 803. The molecule has 0 radical (unpaired) electrons. The van der Waals surface area contributed by atoms with Gasteiger partial charge in [0, 0.05) is 19.3 Å². The van der Waals surface area contributed by atoms with Crippen LogP contribution in [0.5, 0.6) is 5.75 Å². The van der Waals surface area contributed by atoms with Crippen LogP contribution in [0.2, 0.25) is 0 Å². The zero-order valence-electron chi connectivity index (χ0n) is 16.3. The Hall–Kier alpha value is -2.32. The third-order valence-electron chi connectivity index (χ3n) is 4.45. The van der Waals surface area contributed by atoms with Crippen LogP contribution in [0.3, 0.4) is 0 Å². The first kappa shape index (κ1) is 20.4. The number of thioether (sulfide) groups is 1. The van der Waals surface area contributed by atoms with Crippen LogP contribution in [0, 0.1) is 0 Å². The van der Waals surface area contributed by atoms with Gasteiger partial charge in [-0.2, -0.15) is 0 Å². The highest BCUT2D eigenvalue weighted by molar-refractivity contribution is 8.14. The Kier molecular flexibility index (Phi) is 6.74. The molecular weight excluding hydrogens is 380 g/mol. The van der Waals surface area contributed by atoms with E-state index in [4.69, 9.17) is 14.2 Å². The molecule has 2 aliphatic heterocycles. The zero-order chi connectivity index (χ0) is 20.1. The van der Waals surface area contributed by atoms with Gasteiger partial charge in [-0.05, 0) is 31.5 Å². The fraction of sp³-hybridized carbons (Fsp3) is 0.450. The normalized spacial score (nSPS) is 19.2. The first-order valence-electron chi connectivity index (χ1n) is 9.20. The number of carbonyl (C=O) groups excluding carboxylic acids is 2. The number of allylic oxidation sites excluding steroid dienone is 1. The van der Waals surface area contributed by atoms with Crippen molar-refractivity contribution in [3.05, 3.63) is 41.1 Å². The highest BCUT2D eigenvalue weighted by Gasteiger charge is 2.41. The molecule has 0 aliphatic carbocycles. The standard InChI is InChI=1S/C20H24N2O5S/c1-4-26-15-7-5-14(6-8-15)18-17(19(24)27-11-10-25-3)13(2)21-20-22(18)16(23)9-12-28-20/h5-8,18H,4,9-12H2,1-3H3/t18-/m1/s1. The Morgan fingerprint density at radius 3 is 2.71 bits per heavy atom. The molecule has 3 rings (SSSR count). The van der Waals surface area contributed by atoms with Crippen LogP contribution >= 0.6 is 11.8 Å². The summed E-state index contributed by atoms with van der Waals surface area (Å²) in [5, 5.41) is 0.626. The maximum Gasteiger partial charge on any atom is 0.338 e. The summed E-state index contributed by atoms with van der Waals surface area (Å²) in [6.45, 7) is 4.71. The Balaban J connectivity index is 2.00. The molecule has 1 aromatic rings. The molecule has 0 bridgehead atoms. The summed E-state index contributed by atoms with van der Waals surface area (Å²) in [5.74, 6) is 0.885. The minimum atomic E-state index is -0.571. The van der Waals surface area contributed by atoms with Crippen molar-refractivity contribution in [3.63, 3.8) is 0 Å². The molecule has 1 atom stereocenters. The topological polar surface area (TPSA) is 77.4 Å². The van der Waals surface area contributed by atoms with Crippen molar-refractivity contribution in [3.8, 4) is 5.75 Å². The number of benzene rings is 1. The van der Waals surface area contributed by atoms with E-state index >= 15 is 0 Å². The molecule has 1 amide bonds. The monoisotopic (exact) mass is 404 g/mol. The first-order chi connectivity index (χ1) is 13.6. The summed E-state index contributed by atoms with van der Waals surface area (Å²) in [4.78, 5) is 31.7. The van der Waals surface area contributed by atoms with Crippen LogP contribution in [0.1, 0.15) is 31.9 Å². The summed E-state index contributed by atoms with van der Waals surface area (Å²) >= 11 is 1.52. The Morgan fingerprint density at radius 2 is 2.04 bits per heavy atom. The molecule has 150 valence electrons. The van der Waals surface area contributed by atoms with Crippen molar-refractivity contribution in [1.29, 1.82) is 0 Å². The van der Waals surface area contributed by atoms with Crippen molar-refractivity contribution >= 4 is 28.8 Å². The van der Waals surface area contributed by atoms with Crippen molar-refractivity contribution in [2.45, 2.75) is 26.3 Å². The number of fused-ring (bicyclic) bond motifs is 1. The SMILES string of the molecule is CCOc1ccc([C@@H]2C(C(=O)OCCOC)=C(C)N=C3SCCC(=O)N32)cc1. The van der Waals surface area contributed by atoms with Gasteiger partial charge in [0.1, 0.15) is 12.4 Å². The molecular formula is C20H24N2O5S. The van der Waals surface area contributed by atoms with E-state index in [-0.39, 0.29) is 12.5 Å². The van der Waals surface area contributed by atoms with E-state index < -0.39 is 12.0 Å². The van der Waals surface area contributed by atoms with E-state index in [9.17, 15) is 9.59 Å². The fourth-order valence-corrected chi connectivity index (χ4v) is 4.19. The Labute approximate surface area is 168 Å². The van der Waals surface area contributed by atoms with Gasteiger partial charge in [-0.3, -0.25) is 9.69 Å². The molecule has 1 aromatic carbocycles. The maximum absolute atomic E-state index is 12.8. The molecule has 1 saturated heterocycles. The van der Waals surface area contributed by atoms with Gasteiger partial charge in [0.15, 0.2) is 5.17 Å². The lowest BCUT2D eigenvalue weighted by molar-refractivity contribution is -0.141. The molecule has 2 heterocycles. The molecule has 0 saturated carbocycles. The number of ether oxygens (including phenoxy) is 3. The number of amides is 1. The number of esters is 1.